The second-order valence-corrected chi connectivity index (χ2v) is 4.54. The van der Waals surface area contributed by atoms with E-state index < -0.39 is 9.53 Å². The lowest BCUT2D eigenvalue weighted by Crippen LogP contribution is -2.27. The van der Waals surface area contributed by atoms with Crippen LogP contribution in [0.3, 0.4) is 0 Å². The molecule has 86 valence electrons. The molecule has 0 spiro atoms. The van der Waals surface area contributed by atoms with Crippen molar-refractivity contribution in [1.82, 2.24) is 5.32 Å². The monoisotopic (exact) mass is 221 g/mol. The van der Waals surface area contributed by atoms with Gasteiger partial charge in [-0.2, -0.15) is 0 Å². The van der Waals surface area contributed by atoms with Crippen LogP contribution in [0.15, 0.2) is 0 Å². The third-order valence-corrected chi connectivity index (χ3v) is 3.34. The van der Waals surface area contributed by atoms with Gasteiger partial charge in [0, 0.05) is 32.4 Å². The first-order valence-corrected chi connectivity index (χ1v) is 6.74. The maximum absolute atomic E-state index is 5.22. The van der Waals surface area contributed by atoms with Gasteiger partial charge in [0.1, 0.15) is 0 Å². The van der Waals surface area contributed by atoms with Gasteiger partial charge in [-0.3, -0.25) is 0 Å². The van der Waals surface area contributed by atoms with Crippen molar-refractivity contribution in [3.05, 3.63) is 0 Å². The second kappa shape index (κ2) is 9.61. The van der Waals surface area contributed by atoms with Gasteiger partial charge in [0.2, 0.25) is 0 Å². The zero-order chi connectivity index (χ0) is 10.8. The summed E-state index contributed by atoms with van der Waals surface area (Å²) in [7, 11) is -1.73. The molecular weight excluding hydrogens is 198 g/mol. The summed E-state index contributed by atoms with van der Waals surface area (Å²) in [6.07, 6.45) is 0. The third-order valence-electron chi connectivity index (χ3n) is 1.52. The normalized spacial score (nSPS) is 19.1. The summed E-state index contributed by atoms with van der Waals surface area (Å²) in [5.74, 6) is 0. The molecule has 4 nitrogen and oxygen atoms in total. The summed E-state index contributed by atoms with van der Waals surface area (Å²) in [5, 5.41) is 3.10. The Kier molecular flexibility index (Phi) is 9.64. The quantitative estimate of drug-likeness (QED) is 0.532. The lowest BCUT2D eigenvalue weighted by Gasteiger charge is -2.12. The number of nitrogens with one attached hydrogen (secondary N) is 1. The van der Waals surface area contributed by atoms with Gasteiger partial charge in [0.15, 0.2) is 0 Å². The van der Waals surface area contributed by atoms with E-state index in [1.807, 2.05) is 20.8 Å². The largest absolute Gasteiger partial charge is 0.484 e. The fourth-order valence-corrected chi connectivity index (χ4v) is 1.78. The molecule has 1 aliphatic rings. The molecule has 0 aromatic rings. The molecule has 0 bridgehead atoms. The van der Waals surface area contributed by atoms with Gasteiger partial charge in [-0.1, -0.05) is 0 Å². The fraction of sp³-hybridized carbons (Fsp3) is 1.00. The molecule has 0 aromatic carbocycles. The van der Waals surface area contributed by atoms with Crippen molar-refractivity contribution in [3.63, 3.8) is 0 Å². The van der Waals surface area contributed by atoms with Gasteiger partial charge < -0.3 is 18.6 Å². The minimum atomic E-state index is -1.73. The molecule has 14 heavy (non-hydrogen) atoms. The summed E-state index contributed by atoms with van der Waals surface area (Å²) in [6, 6.07) is 0.833. The van der Waals surface area contributed by atoms with Crippen LogP contribution in [0.2, 0.25) is 0 Å². The van der Waals surface area contributed by atoms with Crippen molar-refractivity contribution in [2.45, 2.75) is 33.7 Å². The van der Waals surface area contributed by atoms with Crippen LogP contribution >= 0.6 is 0 Å². The highest BCUT2D eigenvalue weighted by Crippen LogP contribution is 1.91. The van der Waals surface area contributed by atoms with E-state index in [0.717, 1.165) is 6.04 Å². The van der Waals surface area contributed by atoms with E-state index in [1.54, 1.807) is 0 Å². The van der Waals surface area contributed by atoms with E-state index in [9.17, 15) is 0 Å². The van der Waals surface area contributed by atoms with E-state index in [4.69, 9.17) is 13.3 Å². The molecule has 0 saturated carbocycles. The van der Waals surface area contributed by atoms with Crippen LogP contribution < -0.4 is 5.32 Å². The molecule has 1 saturated heterocycles. The van der Waals surface area contributed by atoms with Crippen molar-refractivity contribution in [2.75, 3.05) is 26.4 Å². The Morgan fingerprint density at radius 3 is 1.50 bits per heavy atom. The maximum Gasteiger partial charge on any atom is 0.484 e. The third kappa shape index (κ3) is 10.1. The highest BCUT2D eigenvalue weighted by Gasteiger charge is 2.11. The predicted octanol–water partition coefficient (Wildman–Crippen LogP) is 0.791. The minimum absolute atomic E-state index is 0.677. The molecule has 0 radical (unpaired) electrons. The standard InChI is InChI=1S/C6H16O3Si.C3H7N/c1-4-7-10(8-5-2)9-6-3;1-3-2-4-3/h10H,4-6H2,1-3H3;3-4H,2H2,1H3. The van der Waals surface area contributed by atoms with Crippen molar-refractivity contribution in [3.8, 4) is 0 Å². The first-order valence-electron chi connectivity index (χ1n) is 5.32. The van der Waals surface area contributed by atoms with E-state index >= 15 is 0 Å². The Morgan fingerprint density at radius 1 is 1.07 bits per heavy atom. The van der Waals surface area contributed by atoms with Crippen LogP contribution in [-0.2, 0) is 13.3 Å². The summed E-state index contributed by atoms with van der Waals surface area (Å²) in [6.45, 7) is 11.3. The van der Waals surface area contributed by atoms with Crippen LogP contribution in [0.4, 0.5) is 0 Å². The molecule has 1 rings (SSSR count). The molecule has 1 atom stereocenters. The predicted molar refractivity (Wildman–Crippen MR) is 59.5 cm³/mol. The first kappa shape index (κ1) is 14.1. The van der Waals surface area contributed by atoms with Crippen molar-refractivity contribution in [2.24, 2.45) is 0 Å². The summed E-state index contributed by atoms with van der Waals surface area (Å²) in [4.78, 5) is 0. The van der Waals surface area contributed by atoms with Crippen LogP contribution in [0.1, 0.15) is 27.7 Å². The van der Waals surface area contributed by atoms with Gasteiger partial charge in [0.05, 0.1) is 0 Å². The topological polar surface area (TPSA) is 49.6 Å². The van der Waals surface area contributed by atoms with Gasteiger partial charge >= 0.3 is 9.53 Å². The smallest absolute Gasteiger partial charge is 0.376 e. The SMILES string of the molecule is CC1CN1.CCO[SiH](OCC)OCC. The summed E-state index contributed by atoms with van der Waals surface area (Å²) < 4.78 is 15.7. The van der Waals surface area contributed by atoms with Crippen molar-refractivity contribution in [1.29, 1.82) is 0 Å². The van der Waals surface area contributed by atoms with E-state index in [2.05, 4.69) is 12.2 Å². The Bertz CT molecular complexity index is 108. The first-order chi connectivity index (χ1) is 6.74. The molecular formula is C9H23NO3Si. The molecule has 0 amide bonds. The average Bonchev–Trinajstić information content (AvgIpc) is 2.90. The van der Waals surface area contributed by atoms with Crippen LogP contribution in [0, 0.1) is 0 Å². The molecule has 0 aliphatic carbocycles. The van der Waals surface area contributed by atoms with Gasteiger partial charge in [-0.05, 0) is 27.7 Å². The van der Waals surface area contributed by atoms with E-state index in [-0.39, 0.29) is 0 Å². The van der Waals surface area contributed by atoms with E-state index in [1.165, 1.54) is 6.54 Å². The van der Waals surface area contributed by atoms with Crippen molar-refractivity contribution >= 4 is 9.53 Å². The maximum atomic E-state index is 5.22. The molecule has 5 heteroatoms. The summed E-state index contributed by atoms with van der Waals surface area (Å²) >= 11 is 0. The minimum Gasteiger partial charge on any atom is -0.376 e. The highest BCUT2D eigenvalue weighted by atomic mass is 28.3. The average molecular weight is 221 g/mol. The second-order valence-electron chi connectivity index (χ2n) is 2.96. The molecule has 1 unspecified atom stereocenters. The van der Waals surface area contributed by atoms with Crippen molar-refractivity contribution < 1.29 is 13.3 Å². The Hall–Kier alpha value is 0.0569. The Balaban J connectivity index is 0.000000344. The molecule has 1 aliphatic heterocycles. The molecule has 1 heterocycles. The van der Waals surface area contributed by atoms with Gasteiger partial charge in [-0.15, -0.1) is 0 Å². The molecule has 1 N–H and O–H groups in total. The Labute approximate surface area is 88.9 Å². The number of rotatable bonds is 6. The van der Waals surface area contributed by atoms with Gasteiger partial charge in [-0.25, -0.2) is 0 Å². The lowest BCUT2D eigenvalue weighted by atomic mass is 10.6. The number of hydrogen-bond acceptors (Lipinski definition) is 4. The lowest BCUT2D eigenvalue weighted by molar-refractivity contribution is 0.107. The Morgan fingerprint density at radius 2 is 1.36 bits per heavy atom. The molecule has 1 fully saturated rings. The van der Waals surface area contributed by atoms with E-state index in [0.29, 0.717) is 19.8 Å². The van der Waals surface area contributed by atoms with Crippen LogP contribution in [-0.4, -0.2) is 41.9 Å². The van der Waals surface area contributed by atoms with Crippen LogP contribution in [0.25, 0.3) is 0 Å². The van der Waals surface area contributed by atoms with Gasteiger partial charge in [0.25, 0.3) is 0 Å². The zero-order valence-corrected chi connectivity index (χ0v) is 10.9. The highest BCUT2D eigenvalue weighted by molar-refractivity contribution is 6.36. The summed E-state index contributed by atoms with van der Waals surface area (Å²) in [5.41, 5.74) is 0. The van der Waals surface area contributed by atoms with Crippen LogP contribution in [0.5, 0.6) is 0 Å². The number of hydrogen-bond donors (Lipinski definition) is 1. The fourth-order valence-electron chi connectivity index (χ4n) is 0.670. The molecule has 0 aromatic heterocycles. The zero-order valence-electron chi connectivity index (χ0n) is 9.71.